The largest absolute Gasteiger partial charge is 0.416 e. The number of likely N-dealkylation sites (N-methyl/N-ethyl adjacent to an activating group) is 1. The molecule has 0 aliphatic heterocycles. The minimum Gasteiger partial charge on any atom is -0.304 e. The lowest BCUT2D eigenvalue weighted by molar-refractivity contribution is -0.137. The summed E-state index contributed by atoms with van der Waals surface area (Å²) in [4.78, 5) is 2.19. The Morgan fingerprint density at radius 2 is 1.76 bits per heavy atom. The second-order valence-electron chi connectivity index (χ2n) is 3.98. The molecule has 0 spiro atoms. The Labute approximate surface area is 100 Å². The third-order valence-electron chi connectivity index (χ3n) is 2.87. The van der Waals surface area contributed by atoms with Crippen LogP contribution in [0.2, 0.25) is 0 Å². The lowest BCUT2D eigenvalue weighted by Gasteiger charge is -2.18. The Balaban J connectivity index is 2.66. The summed E-state index contributed by atoms with van der Waals surface area (Å²) >= 11 is 0. The maximum atomic E-state index is 12.5. The summed E-state index contributed by atoms with van der Waals surface area (Å²) in [6.07, 6.45) is -3.59. The quantitative estimate of drug-likeness (QED) is 0.766. The molecule has 0 amide bonds. The lowest BCUT2D eigenvalue weighted by atomic mass is 10.1. The van der Waals surface area contributed by atoms with Crippen molar-refractivity contribution < 1.29 is 13.2 Å². The molecule has 4 heteroatoms. The highest BCUT2D eigenvalue weighted by Gasteiger charge is 2.30. The van der Waals surface area contributed by atoms with Gasteiger partial charge in [0.05, 0.1) is 5.56 Å². The molecule has 17 heavy (non-hydrogen) atoms. The number of nitrogens with zero attached hydrogens (tertiary/aromatic N) is 1. The van der Waals surface area contributed by atoms with Crippen LogP contribution in [0.5, 0.6) is 0 Å². The first-order valence-corrected chi connectivity index (χ1v) is 5.85. The molecule has 0 N–H and O–H groups in total. The van der Waals surface area contributed by atoms with Crippen LogP contribution in [0, 0.1) is 0 Å². The zero-order valence-corrected chi connectivity index (χ0v) is 10.2. The molecule has 0 saturated carbocycles. The fourth-order valence-electron chi connectivity index (χ4n) is 1.73. The van der Waals surface area contributed by atoms with Crippen LogP contribution in [0.25, 0.3) is 0 Å². The predicted octanol–water partition coefficient (Wildman–Crippen LogP) is 3.59. The van der Waals surface area contributed by atoms with E-state index in [9.17, 15) is 13.2 Å². The third-order valence-corrected chi connectivity index (χ3v) is 2.87. The lowest BCUT2D eigenvalue weighted by Crippen LogP contribution is -2.25. The molecule has 0 bridgehead atoms. The summed E-state index contributed by atoms with van der Waals surface area (Å²) in [6, 6.07) is 5.57. The van der Waals surface area contributed by atoms with E-state index in [1.165, 1.54) is 12.1 Å². The van der Waals surface area contributed by atoms with E-state index < -0.39 is 11.7 Å². The van der Waals surface area contributed by atoms with Crippen LogP contribution in [0.1, 0.15) is 25.0 Å². The van der Waals surface area contributed by atoms with Crippen molar-refractivity contribution in [2.45, 2.75) is 26.4 Å². The molecule has 1 aromatic carbocycles. The summed E-state index contributed by atoms with van der Waals surface area (Å²) in [7, 11) is 0. The Hall–Kier alpha value is -1.03. The van der Waals surface area contributed by atoms with Gasteiger partial charge in [-0.15, -0.1) is 0 Å². The number of benzene rings is 1. The number of hydrogen-bond donors (Lipinski definition) is 0. The summed E-state index contributed by atoms with van der Waals surface area (Å²) in [5.74, 6) is 0. The Morgan fingerprint density at radius 1 is 1.12 bits per heavy atom. The average Bonchev–Trinajstić information content (AvgIpc) is 2.30. The maximum absolute atomic E-state index is 12.5. The zero-order valence-electron chi connectivity index (χ0n) is 10.2. The first kappa shape index (κ1) is 14.0. The second-order valence-corrected chi connectivity index (χ2v) is 3.98. The summed E-state index contributed by atoms with van der Waals surface area (Å²) in [6.45, 7) is 6.75. The van der Waals surface area contributed by atoms with Crippen LogP contribution < -0.4 is 0 Å². The van der Waals surface area contributed by atoms with Crippen molar-refractivity contribution in [3.8, 4) is 0 Å². The minimum atomic E-state index is -4.24. The number of alkyl halides is 3. The minimum absolute atomic E-state index is 0.561. The molecule has 0 saturated heterocycles. The van der Waals surface area contributed by atoms with E-state index in [4.69, 9.17) is 0 Å². The Bertz CT molecular complexity index is 343. The van der Waals surface area contributed by atoms with Gasteiger partial charge < -0.3 is 4.90 Å². The van der Waals surface area contributed by atoms with Crippen molar-refractivity contribution in [1.82, 2.24) is 4.90 Å². The van der Waals surface area contributed by atoms with Crippen LogP contribution in [0.15, 0.2) is 24.3 Å². The van der Waals surface area contributed by atoms with Gasteiger partial charge in [-0.25, -0.2) is 0 Å². The van der Waals surface area contributed by atoms with E-state index in [0.29, 0.717) is 6.42 Å². The normalized spacial score (nSPS) is 12.1. The standard InChI is InChI=1S/C13H18F3N/c1-3-17(4-2)9-8-11-6-5-7-12(10-11)13(14,15)16/h5-7,10H,3-4,8-9H2,1-2H3. The molecule has 0 unspecified atom stereocenters. The molecule has 96 valence electrons. The first-order chi connectivity index (χ1) is 7.97. The van der Waals surface area contributed by atoms with E-state index >= 15 is 0 Å². The van der Waals surface area contributed by atoms with Gasteiger partial charge >= 0.3 is 6.18 Å². The molecular weight excluding hydrogens is 227 g/mol. The smallest absolute Gasteiger partial charge is 0.304 e. The Kier molecular flexibility index (Phi) is 5.00. The van der Waals surface area contributed by atoms with Crippen molar-refractivity contribution in [1.29, 1.82) is 0 Å². The average molecular weight is 245 g/mol. The van der Waals surface area contributed by atoms with E-state index in [1.54, 1.807) is 6.07 Å². The van der Waals surface area contributed by atoms with E-state index in [-0.39, 0.29) is 0 Å². The maximum Gasteiger partial charge on any atom is 0.416 e. The van der Waals surface area contributed by atoms with Crippen LogP contribution >= 0.6 is 0 Å². The molecule has 0 atom stereocenters. The summed E-state index contributed by atoms with van der Waals surface area (Å²) < 4.78 is 37.5. The molecule has 0 heterocycles. The summed E-state index contributed by atoms with van der Waals surface area (Å²) in [5, 5.41) is 0. The van der Waals surface area contributed by atoms with Gasteiger partial charge in [0.1, 0.15) is 0 Å². The topological polar surface area (TPSA) is 3.24 Å². The fourth-order valence-corrected chi connectivity index (χ4v) is 1.73. The molecule has 0 fully saturated rings. The van der Waals surface area contributed by atoms with Gasteiger partial charge in [0.2, 0.25) is 0 Å². The van der Waals surface area contributed by atoms with E-state index in [1.807, 2.05) is 0 Å². The molecule has 0 aromatic heterocycles. The van der Waals surface area contributed by atoms with Crippen molar-refractivity contribution in [2.75, 3.05) is 19.6 Å². The van der Waals surface area contributed by atoms with Crippen molar-refractivity contribution in [3.05, 3.63) is 35.4 Å². The molecule has 1 nitrogen and oxygen atoms in total. The van der Waals surface area contributed by atoms with E-state index in [0.717, 1.165) is 31.3 Å². The van der Waals surface area contributed by atoms with Crippen molar-refractivity contribution in [3.63, 3.8) is 0 Å². The van der Waals surface area contributed by atoms with Crippen LogP contribution in [-0.4, -0.2) is 24.5 Å². The van der Waals surface area contributed by atoms with Gasteiger partial charge in [-0.1, -0.05) is 32.0 Å². The van der Waals surface area contributed by atoms with Crippen molar-refractivity contribution >= 4 is 0 Å². The number of halogens is 3. The van der Waals surface area contributed by atoms with Gasteiger partial charge in [0.25, 0.3) is 0 Å². The zero-order chi connectivity index (χ0) is 12.9. The molecule has 1 rings (SSSR count). The highest BCUT2D eigenvalue weighted by Crippen LogP contribution is 2.29. The second kappa shape index (κ2) is 6.05. The highest BCUT2D eigenvalue weighted by atomic mass is 19.4. The SMILES string of the molecule is CCN(CC)CCc1cccc(C(F)(F)F)c1. The van der Waals surface area contributed by atoms with E-state index in [2.05, 4.69) is 18.7 Å². The highest BCUT2D eigenvalue weighted by molar-refractivity contribution is 5.25. The number of rotatable bonds is 5. The monoisotopic (exact) mass is 245 g/mol. The van der Waals surface area contributed by atoms with Gasteiger partial charge in [0.15, 0.2) is 0 Å². The van der Waals surface area contributed by atoms with Crippen molar-refractivity contribution in [2.24, 2.45) is 0 Å². The van der Waals surface area contributed by atoms with Gasteiger partial charge in [-0.3, -0.25) is 0 Å². The molecular formula is C13H18F3N. The summed E-state index contributed by atoms with van der Waals surface area (Å²) in [5.41, 5.74) is 0.182. The number of hydrogen-bond acceptors (Lipinski definition) is 1. The van der Waals surface area contributed by atoms with Crippen LogP contribution in [0.3, 0.4) is 0 Å². The fraction of sp³-hybridized carbons (Fsp3) is 0.538. The first-order valence-electron chi connectivity index (χ1n) is 5.85. The Morgan fingerprint density at radius 3 is 2.29 bits per heavy atom. The molecule has 1 aromatic rings. The van der Waals surface area contributed by atoms with Gasteiger partial charge in [-0.05, 0) is 31.1 Å². The van der Waals surface area contributed by atoms with Crippen LogP contribution in [0.4, 0.5) is 13.2 Å². The molecule has 0 radical (unpaired) electrons. The van der Waals surface area contributed by atoms with Crippen LogP contribution in [-0.2, 0) is 12.6 Å². The molecule has 0 aliphatic rings. The molecule has 0 aliphatic carbocycles. The van der Waals surface area contributed by atoms with Gasteiger partial charge in [-0.2, -0.15) is 13.2 Å². The van der Waals surface area contributed by atoms with Gasteiger partial charge in [0, 0.05) is 6.54 Å². The third kappa shape index (κ3) is 4.38. The predicted molar refractivity (Wildman–Crippen MR) is 62.9 cm³/mol.